The largest absolute Gasteiger partial charge is 0.407 e. The fourth-order valence-corrected chi connectivity index (χ4v) is 5.06. The molecular weight excluding hydrogens is 490 g/mol. The van der Waals surface area contributed by atoms with Crippen molar-refractivity contribution in [1.82, 2.24) is 24.2 Å². The molecule has 1 aliphatic heterocycles. The van der Waals surface area contributed by atoms with Crippen molar-refractivity contribution < 1.29 is 32.6 Å². The van der Waals surface area contributed by atoms with Crippen LogP contribution in [-0.4, -0.2) is 92.4 Å². The van der Waals surface area contributed by atoms with Crippen molar-refractivity contribution in [3.05, 3.63) is 12.7 Å². The number of nitrogens with one attached hydrogen (secondary N) is 1. The van der Waals surface area contributed by atoms with Gasteiger partial charge in [-0.25, -0.2) is 28.6 Å². The van der Waals surface area contributed by atoms with Crippen LogP contribution in [0.3, 0.4) is 0 Å². The molecule has 0 spiro atoms. The van der Waals surface area contributed by atoms with E-state index in [1.54, 1.807) is 7.05 Å². The minimum atomic E-state index is -3.81. The van der Waals surface area contributed by atoms with Crippen LogP contribution in [0, 0.1) is 12.3 Å². The van der Waals surface area contributed by atoms with Crippen LogP contribution in [0.2, 0.25) is 0 Å². The van der Waals surface area contributed by atoms with Crippen molar-refractivity contribution in [3.63, 3.8) is 0 Å². The minimum Gasteiger partial charge on any atom is -0.386 e. The van der Waals surface area contributed by atoms with Crippen LogP contribution >= 0.6 is 19.5 Å². The molecule has 3 heterocycles. The average Bonchev–Trinajstić information content (AvgIpc) is 3.34. The van der Waals surface area contributed by atoms with Gasteiger partial charge in [0.2, 0.25) is 5.67 Å². The molecule has 0 aliphatic carbocycles. The zero-order chi connectivity index (χ0) is 25.1. The quantitative estimate of drug-likeness (QED) is 0.268. The Balaban J connectivity index is 1.79. The van der Waals surface area contributed by atoms with Gasteiger partial charge in [0, 0.05) is 19.7 Å². The summed E-state index contributed by atoms with van der Waals surface area (Å²) >= 11 is 1.01. The molecule has 0 saturated carbocycles. The predicted octanol–water partition coefficient (Wildman–Crippen LogP) is 1.45. The van der Waals surface area contributed by atoms with Crippen LogP contribution in [0.25, 0.3) is 11.2 Å². The Kier molecular flexibility index (Phi) is 8.30. The average molecular weight is 516 g/mol. The number of aromatic nitrogens is 4. The third-order valence-corrected chi connectivity index (χ3v) is 7.79. The van der Waals surface area contributed by atoms with Gasteiger partial charge in [-0.3, -0.25) is 18.4 Å². The van der Waals surface area contributed by atoms with Gasteiger partial charge in [0.15, 0.2) is 22.8 Å². The van der Waals surface area contributed by atoms with Gasteiger partial charge < -0.3 is 15.2 Å². The summed E-state index contributed by atoms with van der Waals surface area (Å²) in [7, 11) is 0.788. The van der Waals surface area contributed by atoms with E-state index in [9.17, 15) is 14.5 Å². The zero-order valence-electron chi connectivity index (χ0n) is 19.0. The summed E-state index contributed by atoms with van der Waals surface area (Å²) in [5, 5.41) is 13.4. The molecule has 0 bridgehead atoms. The first kappa shape index (κ1) is 26.5. The van der Waals surface area contributed by atoms with Gasteiger partial charge in [-0.05, 0) is 14.1 Å². The first-order valence-corrected chi connectivity index (χ1v) is 12.6. The van der Waals surface area contributed by atoms with Crippen molar-refractivity contribution in [1.29, 1.82) is 0 Å². The first-order chi connectivity index (χ1) is 16.1. The van der Waals surface area contributed by atoms with Crippen molar-refractivity contribution in [2.45, 2.75) is 31.0 Å². The number of aliphatic hydroxyl groups is 1. The Morgan fingerprint density at radius 3 is 2.82 bits per heavy atom. The number of nitrogens with zero attached hydrogens (tertiary/aromatic N) is 5. The monoisotopic (exact) mass is 516 g/mol. The molecule has 2 N–H and O–H groups in total. The third-order valence-electron chi connectivity index (χ3n) is 5.05. The highest BCUT2D eigenvalue weighted by molar-refractivity contribution is 8.13. The lowest BCUT2D eigenvalue weighted by Crippen LogP contribution is -2.42. The summed E-state index contributed by atoms with van der Waals surface area (Å²) in [6.45, 7) is 0.901. The standard InChI is InChI=1S/C19H26FN6O6PS/c1-6-19(20)15(28)13(9-31-33(29,25(4)5)30-7-8-34-12(2)27)32-18(19)26-11-24-14-16(21-3)22-10-23-17(14)26/h1,10-11,13,15,18,28H,7-9H2,2-5H3,(H,21,22,23)/t13-,15+,18-,19?,33?/m1/s1. The summed E-state index contributed by atoms with van der Waals surface area (Å²) < 4.78 is 48.0. The number of hydrogen-bond acceptors (Lipinski definition) is 11. The highest BCUT2D eigenvalue weighted by Gasteiger charge is 2.58. The molecule has 3 rings (SSSR count). The van der Waals surface area contributed by atoms with E-state index in [-0.39, 0.29) is 23.1 Å². The maximum Gasteiger partial charge on any atom is 0.407 e. The molecule has 1 fully saturated rings. The van der Waals surface area contributed by atoms with Crippen LogP contribution in [0.4, 0.5) is 10.2 Å². The Morgan fingerprint density at radius 2 is 2.21 bits per heavy atom. The van der Waals surface area contributed by atoms with Crippen molar-refractivity contribution >= 4 is 41.6 Å². The first-order valence-electron chi connectivity index (χ1n) is 10.1. The molecule has 186 valence electrons. The molecule has 1 aliphatic rings. The molecule has 15 heteroatoms. The number of aliphatic hydroxyl groups excluding tert-OH is 1. The molecule has 12 nitrogen and oxygen atoms in total. The number of halogens is 1. The molecule has 0 aromatic carbocycles. The van der Waals surface area contributed by atoms with Gasteiger partial charge in [-0.15, -0.1) is 6.42 Å². The van der Waals surface area contributed by atoms with Crippen LogP contribution < -0.4 is 5.32 Å². The number of carbonyl (C=O) groups is 1. The maximum atomic E-state index is 15.8. The van der Waals surface area contributed by atoms with E-state index in [1.807, 2.05) is 5.92 Å². The number of terminal acetylenes is 1. The second-order valence-electron chi connectivity index (χ2n) is 7.47. The second-order valence-corrected chi connectivity index (χ2v) is 11.0. The van der Waals surface area contributed by atoms with Gasteiger partial charge in [-0.1, -0.05) is 17.7 Å². The fourth-order valence-electron chi connectivity index (χ4n) is 3.29. The number of imidazole rings is 1. The number of carbonyl (C=O) groups excluding carboxylic acids is 1. The second kappa shape index (κ2) is 10.7. The van der Waals surface area contributed by atoms with Crippen LogP contribution in [0.5, 0.6) is 0 Å². The lowest BCUT2D eigenvalue weighted by Gasteiger charge is -2.25. The van der Waals surface area contributed by atoms with Gasteiger partial charge in [-0.2, -0.15) is 0 Å². The Morgan fingerprint density at radius 1 is 1.47 bits per heavy atom. The zero-order valence-corrected chi connectivity index (χ0v) is 20.8. The number of alkyl halides is 1. The predicted molar refractivity (Wildman–Crippen MR) is 124 cm³/mol. The summed E-state index contributed by atoms with van der Waals surface area (Å²) in [4.78, 5) is 23.4. The van der Waals surface area contributed by atoms with E-state index < -0.39 is 38.5 Å². The summed E-state index contributed by atoms with van der Waals surface area (Å²) in [6.07, 6.45) is 3.42. The lowest BCUT2D eigenvalue weighted by molar-refractivity contribution is -0.109. The van der Waals surface area contributed by atoms with E-state index in [0.717, 1.165) is 11.8 Å². The molecule has 0 radical (unpaired) electrons. The molecular formula is C19H26FN6O6PS. The van der Waals surface area contributed by atoms with Gasteiger partial charge in [0.05, 0.1) is 19.5 Å². The fraction of sp³-hybridized carbons (Fsp3) is 0.579. The Labute approximate surface area is 200 Å². The smallest absolute Gasteiger partial charge is 0.386 e. The minimum absolute atomic E-state index is 0.0255. The number of ether oxygens (including phenoxy) is 1. The number of anilines is 1. The van der Waals surface area contributed by atoms with Gasteiger partial charge in [0.1, 0.15) is 24.1 Å². The number of thioether (sulfide) groups is 1. The Bertz CT molecular complexity index is 1130. The third kappa shape index (κ3) is 5.11. The highest BCUT2D eigenvalue weighted by atomic mass is 32.2. The number of rotatable bonds is 10. The van der Waals surface area contributed by atoms with E-state index in [4.69, 9.17) is 20.2 Å². The van der Waals surface area contributed by atoms with E-state index in [1.165, 1.54) is 42.9 Å². The topological polar surface area (TPSA) is 141 Å². The van der Waals surface area contributed by atoms with Crippen LogP contribution in [0.1, 0.15) is 13.2 Å². The molecule has 1 saturated heterocycles. The van der Waals surface area contributed by atoms with Crippen molar-refractivity contribution in [3.8, 4) is 12.3 Å². The van der Waals surface area contributed by atoms with E-state index in [2.05, 4.69) is 20.3 Å². The van der Waals surface area contributed by atoms with Crippen LogP contribution in [0.15, 0.2) is 12.7 Å². The molecule has 5 atom stereocenters. The summed E-state index contributed by atoms with van der Waals surface area (Å²) in [5.74, 6) is 2.66. The van der Waals surface area contributed by atoms with Crippen molar-refractivity contribution in [2.75, 3.05) is 45.4 Å². The summed E-state index contributed by atoms with van der Waals surface area (Å²) in [6, 6.07) is 0. The van der Waals surface area contributed by atoms with Gasteiger partial charge >= 0.3 is 7.75 Å². The molecule has 2 aromatic rings. The molecule has 2 unspecified atom stereocenters. The molecule has 34 heavy (non-hydrogen) atoms. The highest BCUT2D eigenvalue weighted by Crippen LogP contribution is 2.51. The lowest BCUT2D eigenvalue weighted by atomic mass is 9.97. The molecule has 0 amide bonds. The molecule has 2 aromatic heterocycles. The normalized spacial score (nSPS) is 26.5. The van der Waals surface area contributed by atoms with Gasteiger partial charge in [0.25, 0.3) is 0 Å². The SMILES string of the molecule is C#CC1(F)[C@@H](O)[C@@H](COP(=O)(OCCSC(C)=O)N(C)C)O[C@H]1n1cnc2c(NC)ncnc21. The maximum absolute atomic E-state index is 15.8. The van der Waals surface area contributed by atoms with E-state index in [0.29, 0.717) is 11.3 Å². The number of fused-ring (bicyclic) bond motifs is 1. The Hall–Kier alpha value is -2.11. The van der Waals surface area contributed by atoms with Crippen LogP contribution in [-0.2, 0) is 23.1 Å². The number of hydrogen-bond donors (Lipinski definition) is 2. The van der Waals surface area contributed by atoms with Crippen molar-refractivity contribution in [2.24, 2.45) is 0 Å². The summed E-state index contributed by atoms with van der Waals surface area (Å²) in [5.41, 5.74) is -2.06. The van der Waals surface area contributed by atoms with E-state index >= 15 is 4.39 Å².